The molecule has 1 N–H and O–H groups in total. The second kappa shape index (κ2) is 4.55. The number of hydrogen-bond donors (Lipinski definition) is 1. The summed E-state index contributed by atoms with van der Waals surface area (Å²) in [5, 5.41) is 9.18. The molecule has 1 aromatic carbocycles. The molecule has 0 radical (unpaired) electrons. The predicted octanol–water partition coefficient (Wildman–Crippen LogP) is 0.418. The van der Waals surface area contributed by atoms with Crippen LogP contribution in [0, 0.1) is 0 Å². The van der Waals surface area contributed by atoms with Gasteiger partial charge in [0, 0.05) is 12.2 Å². The summed E-state index contributed by atoms with van der Waals surface area (Å²) in [4.78, 5) is 26.2. The zero-order chi connectivity index (χ0) is 12.4. The molecule has 0 saturated carbocycles. The summed E-state index contributed by atoms with van der Waals surface area (Å²) in [7, 11) is 1.75. The number of benzene rings is 1. The minimum Gasteiger partial charge on any atom is -0.480 e. The van der Waals surface area contributed by atoms with Gasteiger partial charge in [-0.05, 0) is 19.2 Å². The standard InChI is InChI=1S/C12H14N2O3/c1-13-7-10(12(16)17)14(11(15)8-13)9-5-3-2-4-6-9/h2-6,10H,7-8H2,1H3,(H,16,17). The molecule has 0 spiro atoms. The Morgan fingerprint density at radius 3 is 2.59 bits per heavy atom. The number of carboxylic acids is 1. The molecule has 5 nitrogen and oxygen atoms in total. The summed E-state index contributed by atoms with van der Waals surface area (Å²) >= 11 is 0. The van der Waals surface area contributed by atoms with E-state index in [4.69, 9.17) is 0 Å². The summed E-state index contributed by atoms with van der Waals surface area (Å²) < 4.78 is 0. The van der Waals surface area contributed by atoms with Gasteiger partial charge in [-0.3, -0.25) is 14.6 Å². The molecule has 1 saturated heterocycles. The van der Waals surface area contributed by atoms with E-state index in [1.54, 1.807) is 36.2 Å². The Kier molecular flexibility index (Phi) is 3.10. The maximum atomic E-state index is 11.9. The fraction of sp³-hybridized carbons (Fsp3) is 0.333. The van der Waals surface area contributed by atoms with E-state index in [-0.39, 0.29) is 12.5 Å². The highest BCUT2D eigenvalue weighted by Crippen LogP contribution is 2.20. The Balaban J connectivity index is 2.35. The van der Waals surface area contributed by atoms with Crippen molar-refractivity contribution in [3.05, 3.63) is 30.3 Å². The van der Waals surface area contributed by atoms with Crippen LogP contribution < -0.4 is 4.90 Å². The van der Waals surface area contributed by atoms with Gasteiger partial charge in [-0.25, -0.2) is 4.79 Å². The highest BCUT2D eigenvalue weighted by atomic mass is 16.4. The van der Waals surface area contributed by atoms with Crippen molar-refractivity contribution < 1.29 is 14.7 Å². The Bertz CT molecular complexity index is 433. The quantitative estimate of drug-likeness (QED) is 0.805. The highest BCUT2D eigenvalue weighted by molar-refractivity contribution is 6.01. The minimum absolute atomic E-state index is 0.183. The number of anilines is 1. The summed E-state index contributed by atoms with van der Waals surface area (Å²) in [5.41, 5.74) is 0.637. The Morgan fingerprint density at radius 2 is 2.00 bits per heavy atom. The van der Waals surface area contributed by atoms with Gasteiger partial charge in [0.15, 0.2) is 0 Å². The van der Waals surface area contributed by atoms with Crippen molar-refractivity contribution in [1.29, 1.82) is 0 Å². The number of carboxylic acid groups (broad SMARTS) is 1. The highest BCUT2D eigenvalue weighted by Gasteiger charge is 2.36. The van der Waals surface area contributed by atoms with Gasteiger partial charge >= 0.3 is 5.97 Å². The Morgan fingerprint density at radius 1 is 1.35 bits per heavy atom. The minimum atomic E-state index is -0.978. The molecule has 1 atom stereocenters. The van der Waals surface area contributed by atoms with E-state index >= 15 is 0 Å². The van der Waals surface area contributed by atoms with E-state index in [9.17, 15) is 14.7 Å². The number of nitrogens with zero attached hydrogens (tertiary/aromatic N) is 2. The van der Waals surface area contributed by atoms with E-state index < -0.39 is 12.0 Å². The van der Waals surface area contributed by atoms with E-state index in [1.807, 2.05) is 6.07 Å². The maximum Gasteiger partial charge on any atom is 0.328 e. The third-order valence-corrected chi connectivity index (χ3v) is 2.79. The second-order valence-corrected chi connectivity index (χ2v) is 4.15. The lowest BCUT2D eigenvalue weighted by molar-refractivity contribution is -0.142. The van der Waals surface area contributed by atoms with E-state index in [0.717, 1.165) is 0 Å². The SMILES string of the molecule is CN1CC(=O)N(c2ccccc2)C(C(=O)O)C1. The molecule has 17 heavy (non-hydrogen) atoms. The van der Waals surface area contributed by atoms with Crippen molar-refractivity contribution in [2.75, 3.05) is 25.0 Å². The molecule has 0 aromatic heterocycles. The topological polar surface area (TPSA) is 60.9 Å². The number of amides is 1. The van der Waals surface area contributed by atoms with E-state index in [0.29, 0.717) is 12.2 Å². The summed E-state index contributed by atoms with van der Waals surface area (Å²) in [5.74, 6) is -1.16. The molecule has 1 amide bonds. The first-order chi connectivity index (χ1) is 8.09. The summed E-state index contributed by atoms with van der Waals surface area (Å²) in [6.07, 6.45) is 0. The van der Waals surface area contributed by atoms with Crippen LogP contribution in [0.4, 0.5) is 5.69 Å². The molecule has 1 aliphatic heterocycles. The van der Waals surface area contributed by atoms with Crippen LogP contribution in [0.25, 0.3) is 0 Å². The van der Waals surface area contributed by atoms with Gasteiger partial charge in [-0.15, -0.1) is 0 Å². The van der Waals surface area contributed by atoms with Gasteiger partial charge < -0.3 is 5.11 Å². The molecule has 0 bridgehead atoms. The second-order valence-electron chi connectivity index (χ2n) is 4.15. The van der Waals surface area contributed by atoms with Crippen LogP contribution in [0.3, 0.4) is 0 Å². The molecule has 1 aromatic rings. The zero-order valence-electron chi connectivity index (χ0n) is 9.54. The number of aliphatic carboxylic acids is 1. The van der Waals surface area contributed by atoms with Gasteiger partial charge in [0.25, 0.3) is 0 Å². The average Bonchev–Trinajstić information content (AvgIpc) is 2.29. The van der Waals surface area contributed by atoms with E-state index in [2.05, 4.69) is 0 Å². The van der Waals surface area contributed by atoms with Gasteiger partial charge in [0.1, 0.15) is 6.04 Å². The zero-order valence-corrected chi connectivity index (χ0v) is 9.54. The van der Waals surface area contributed by atoms with Crippen molar-refractivity contribution in [3.8, 4) is 0 Å². The van der Waals surface area contributed by atoms with E-state index in [1.165, 1.54) is 4.90 Å². The number of likely N-dealkylation sites (N-methyl/N-ethyl adjacent to an activating group) is 1. The number of hydrogen-bond acceptors (Lipinski definition) is 3. The van der Waals surface area contributed by atoms with Gasteiger partial charge in [0.05, 0.1) is 6.54 Å². The van der Waals surface area contributed by atoms with Crippen molar-refractivity contribution in [3.63, 3.8) is 0 Å². The molecule has 1 fully saturated rings. The van der Waals surface area contributed by atoms with Crippen molar-refractivity contribution >= 4 is 17.6 Å². The summed E-state index contributed by atoms with van der Waals surface area (Å²) in [6, 6.07) is 8.10. The first kappa shape index (κ1) is 11.6. The van der Waals surface area contributed by atoms with Gasteiger partial charge in [0.2, 0.25) is 5.91 Å². The van der Waals surface area contributed by atoms with Crippen LogP contribution in [-0.2, 0) is 9.59 Å². The summed E-state index contributed by atoms with van der Waals surface area (Å²) in [6.45, 7) is 0.592. The number of carbonyl (C=O) groups excluding carboxylic acids is 1. The fourth-order valence-electron chi connectivity index (χ4n) is 2.02. The molecule has 1 unspecified atom stereocenters. The molecule has 1 heterocycles. The molecule has 90 valence electrons. The monoisotopic (exact) mass is 234 g/mol. The lowest BCUT2D eigenvalue weighted by atomic mass is 10.1. The number of carbonyl (C=O) groups is 2. The number of para-hydroxylation sites is 1. The van der Waals surface area contributed by atoms with Crippen molar-refractivity contribution in [2.45, 2.75) is 6.04 Å². The first-order valence-electron chi connectivity index (χ1n) is 5.38. The fourth-order valence-corrected chi connectivity index (χ4v) is 2.02. The average molecular weight is 234 g/mol. The largest absolute Gasteiger partial charge is 0.480 e. The molecular formula is C12H14N2O3. The number of piperazine rings is 1. The molecule has 1 aliphatic rings. The van der Waals surface area contributed by atoms with Crippen molar-refractivity contribution in [1.82, 2.24) is 4.90 Å². The first-order valence-corrected chi connectivity index (χ1v) is 5.38. The van der Waals surface area contributed by atoms with Crippen LogP contribution in [-0.4, -0.2) is 48.1 Å². The maximum absolute atomic E-state index is 11.9. The lowest BCUT2D eigenvalue weighted by Crippen LogP contribution is -2.58. The van der Waals surface area contributed by atoms with Crippen LogP contribution in [0.5, 0.6) is 0 Å². The van der Waals surface area contributed by atoms with Crippen LogP contribution in [0.1, 0.15) is 0 Å². The Hall–Kier alpha value is -1.88. The van der Waals surface area contributed by atoms with Crippen LogP contribution in [0.15, 0.2) is 30.3 Å². The molecule has 0 aliphatic carbocycles. The molecule has 2 rings (SSSR count). The lowest BCUT2D eigenvalue weighted by Gasteiger charge is -2.37. The van der Waals surface area contributed by atoms with Crippen LogP contribution >= 0.6 is 0 Å². The van der Waals surface area contributed by atoms with Crippen molar-refractivity contribution in [2.24, 2.45) is 0 Å². The molecular weight excluding hydrogens is 220 g/mol. The normalized spacial score (nSPS) is 21.6. The third kappa shape index (κ3) is 2.29. The molecule has 5 heteroatoms. The van der Waals surface area contributed by atoms with Gasteiger partial charge in [-0.1, -0.05) is 18.2 Å². The van der Waals surface area contributed by atoms with Crippen LogP contribution in [0.2, 0.25) is 0 Å². The number of rotatable bonds is 2. The predicted molar refractivity (Wildman–Crippen MR) is 62.8 cm³/mol. The smallest absolute Gasteiger partial charge is 0.328 e. The third-order valence-electron chi connectivity index (χ3n) is 2.79. The Labute approximate surface area is 99.3 Å². The van der Waals surface area contributed by atoms with Gasteiger partial charge in [-0.2, -0.15) is 0 Å².